The number of nitrogens with zero attached hydrogens (tertiary/aromatic N) is 2. The van der Waals surface area contributed by atoms with Gasteiger partial charge in [-0.15, -0.1) is 0 Å². The van der Waals surface area contributed by atoms with Crippen molar-refractivity contribution in [1.29, 1.82) is 0 Å². The Labute approximate surface area is 169 Å². The van der Waals surface area contributed by atoms with Crippen LogP contribution in [0.4, 0.5) is 15.8 Å². The Kier molecular flexibility index (Phi) is 6.63. The zero-order chi connectivity index (χ0) is 19.2. The van der Waals surface area contributed by atoms with Crippen LogP contribution in [-0.2, 0) is 6.42 Å². The molecule has 7 heteroatoms. The lowest BCUT2D eigenvalue weighted by Gasteiger charge is -2.31. The Morgan fingerprint density at radius 3 is 2.96 bits per heavy atom. The molecule has 3 rings (SSSR count). The highest BCUT2D eigenvalue weighted by Crippen LogP contribution is 2.27. The second-order valence-electron chi connectivity index (χ2n) is 6.43. The molecular weight excluding hydrogens is 383 g/mol. The van der Waals surface area contributed by atoms with Gasteiger partial charge < -0.3 is 10.2 Å². The lowest BCUT2D eigenvalue weighted by atomic mass is 9.99. The van der Waals surface area contributed by atoms with E-state index in [1.807, 2.05) is 0 Å². The zero-order valence-corrected chi connectivity index (χ0v) is 16.7. The first kappa shape index (κ1) is 19.6. The zero-order valence-electron chi connectivity index (χ0n) is 15.1. The monoisotopic (exact) mass is 404 g/mol. The van der Waals surface area contributed by atoms with Crippen LogP contribution in [0, 0.1) is 5.82 Å². The third-order valence-corrected chi connectivity index (χ3v) is 4.85. The van der Waals surface area contributed by atoms with Gasteiger partial charge in [0.2, 0.25) is 0 Å². The first-order valence-electron chi connectivity index (χ1n) is 9.00. The molecule has 0 spiro atoms. The number of hydrazone groups is 1. The first-order valence-corrected chi connectivity index (χ1v) is 9.78. The number of thiocarbonyl (C=S) groups is 1. The van der Waals surface area contributed by atoms with Gasteiger partial charge in [-0.2, -0.15) is 5.10 Å². The Balaban J connectivity index is 1.59. The number of fused-ring (bicyclic) bond motifs is 1. The van der Waals surface area contributed by atoms with E-state index >= 15 is 0 Å². The number of anilines is 2. The van der Waals surface area contributed by atoms with Crippen molar-refractivity contribution in [3.63, 3.8) is 0 Å². The molecule has 2 N–H and O–H groups in total. The van der Waals surface area contributed by atoms with Crippen LogP contribution in [-0.4, -0.2) is 24.4 Å². The van der Waals surface area contributed by atoms with E-state index in [9.17, 15) is 4.39 Å². The van der Waals surface area contributed by atoms with Crippen molar-refractivity contribution in [3.05, 3.63) is 58.4 Å². The molecule has 2 aromatic rings. The molecule has 0 bridgehead atoms. The van der Waals surface area contributed by atoms with Gasteiger partial charge in [-0.3, -0.25) is 5.43 Å². The predicted octanol–water partition coefficient (Wildman–Crippen LogP) is 4.96. The molecule has 0 aliphatic carbocycles. The van der Waals surface area contributed by atoms with Crippen LogP contribution in [0.2, 0.25) is 5.02 Å². The minimum absolute atomic E-state index is 0.0393. The maximum Gasteiger partial charge on any atom is 0.191 e. The number of hydrogen-bond donors (Lipinski definition) is 2. The van der Waals surface area contributed by atoms with Crippen LogP contribution < -0.4 is 15.6 Å². The summed E-state index contributed by atoms with van der Waals surface area (Å²) >= 11 is 10.9. The molecule has 1 heterocycles. The van der Waals surface area contributed by atoms with Gasteiger partial charge in [-0.25, -0.2) is 4.39 Å². The Bertz CT molecular complexity index is 856. The van der Waals surface area contributed by atoms with Crippen LogP contribution in [0.5, 0.6) is 0 Å². The van der Waals surface area contributed by atoms with E-state index in [1.54, 1.807) is 12.3 Å². The molecule has 0 unspecified atom stereocenters. The van der Waals surface area contributed by atoms with Gasteiger partial charge in [-0.05, 0) is 72.9 Å². The average Bonchev–Trinajstić information content (AvgIpc) is 2.65. The van der Waals surface area contributed by atoms with Crippen molar-refractivity contribution >= 4 is 46.5 Å². The maximum absolute atomic E-state index is 13.2. The van der Waals surface area contributed by atoms with E-state index in [1.165, 1.54) is 29.8 Å². The van der Waals surface area contributed by atoms with Gasteiger partial charge in [0.1, 0.15) is 5.82 Å². The Hall–Kier alpha value is -2.18. The molecule has 27 heavy (non-hydrogen) atoms. The fourth-order valence-corrected chi connectivity index (χ4v) is 3.53. The molecule has 1 aliphatic heterocycles. The summed E-state index contributed by atoms with van der Waals surface area (Å²) in [4.78, 5) is 2.45. The van der Waals surface area contributed by atoms with Crippen molar-refractivity contribution in [2.24, 2.45) is 5.10 Å². The maximum atomic E-state index is 13.2. The SMILES string of the molecule is CCCN1CCCc2cc(/C=N\NC(=S)Nc3ccc(F)c(Cl)c3)ccc21. The van der Waals surface area contributed by atoms with Gasteiger partial charge >= 0.3 is 0 Å². The van der Waals surface area contributed by atoms with Crippen molar-refractivity contribution in [1.82, 2.24) is 5.43 Å². The number of halogens is 2. The minimum atomic E-state index is -0.468. The summed E-state index contributed by atoms with van der Waals surface area (Å²) < 4.78 is 13.2. The second kappa shape index (κ2) is 9.15. The van der Waals surface area contributed by atoms with Crippen molar-refractivity contribution in [3.8, 4) is 0 Å². The van der Waals surface area contributed by atoms with Crippen LogP contribution in [0.3, 0.4) is 0 Å². The molecular formula is C20H22ClFN4S. The van der Waals surface area contributed by atoms with E-state index in [-0.39, 0.29) is 5.02 Å². The number of nitrogens with one attached hydrogen (secondary N) is 2. The van der Waals surface area contributed by atoms with Crippen molar-refractivity contribution < 1.29 is 4.39 Å². The summed E-state index contributed by atoms with van der Waals surface area (Å²) in [5, 5.41) is 7.44. The van der Waals surface area contributed by atoms with Gasteiger partial charge in [0.25, 0.3) is 0 Å². The highest BCUT2D eigenvalue weighted by molar-refractivity contribution is 7.80. The van der Waals surface area contributed by atoms with E-state index in [2.05, 4.69) is 45.9 Å². The average molecular weight is 405 g/mol. The highest BCUT2D eigenvalue weighted by atomic mass is 35.5. The normalized spacial score (nSPS) is 13.5. The minimum Gasteiger partial charge on any atom is -0.371 e. The van der Waals surface area contributed by atoms with Crippen LogP contribution in [0.25, 0.3) is 0 Å². The highest BCUT2D eigenvalue weighted by Gasteiger charge is 2.15. The largest absolute Gasteiger partial charge is 0.371 e. The molecule has 0 amide bonds. The number of hydrogen-bond acceptors (Lipinski definition) is 3. The van der Waals surface area contributed by atoms with E-state index in [0.29, 0.717) is 10.8 Å². The fraction of sp³-hybridized carbons (Fsp3) is 0.300. The third kappa shape index (κ3) is 5.17. The number of aryl methyl sites for hydroxylation is 1. The number of rotatable bonds is 5. The number of benzene rings is 2. The van der Waals surface area contributed by atoms with Gasteiger partial charge in [-0.1, -0.05) is 24.6 Å². The summed E-state index contributed by atoms with van der Waals surface area (Å²) in [6.45, 7) is 4.43. The molecule has 0 fully saturated rings. The van der Waals surface area contributed by atoms with Gasteiger partial charge in [0.15, 0.2) is 5.11 Å². The Morgan fingerprint density at radius 1 is 1.33 bits per heavy atom. The lowest BCUT2D eigenvalue weighted by Crippen LogP contribution is -2.30. The molecule has 0 radical (unpaired) electrons. The molecule has 1 aliphatic rings. The topological polar surface area (TPSA) is 39.7 Å². The van der Waals surface area contributed by atoms with Gasteiger partial charge in [0, 0.05) is 24.5 Å². The molecule has 142 valence electrons. The molecule has 0 saturated carbocycles. The third-order valence-electron chi connectivity index (χ3n) is 4.37. The summed E-state index contributed by atoms with van der Waals surface area (Å²) in [7, 11) is 0. The fourth-order valence-electron chi connectivity index (χ4n) is 3.18. The second-order valence-corrected chi connectivity index (χ2v) is 7.25. The van der Waals surface area contributed by atoms with Crippen molar-refractivity contribution in [2.45, 2.75) is 26.2 Å². The van der Waals surface area contributed by atoms with Crippen LogP contribution in [0.1, 0.15) is 30.9 Å². The molecule has 2 aromatic carbocycles. The smallest absolute Gasteiger partial charge is 0.191 e. The first-order chi connectivity index (χ1) is 13.1. The van der Waals surface area contributed by atoms with E-state index < -0.39 is 5.82 Å². The Morgan fingerprint density at radius 2 is 2.19 bits per heavy atom. The molecule has 0 atom stereocenters. The van der Waals surface area contributed by atoms with Crippen LogP contribution >= 0.6 is 23.8 Å². The van der Waals surface area contributed by atoms with E-state index in [0.717, 1.165) is 31.5 Å². The van der Waals surface area contributed by atoms with Crippen LogP contribution in [0.15, 0.2) is 41.5 Å². The lowest BCUT2D eigenvalue weighted by molar-refractivity contribution is 0.628. The molecule has 0 aromatic heterocycles. The van der Waals surface area contributed by atoms with Crippen molar-refractivity contribution in [2.75, 3.05) is 23.3 Å². The quantitative estimate of drug-likeness (QED) is 0.419. The summed E-state index contributed by atoms with van der Waals surface area (Å²) in [5.74, 6) is -0.468. The molecule has 0 saturated heterocycles. The predicted molar refractivity (Wildman–Crippen MR) is 116 cm³/mol. The van der Waals surface area contributed by atoms with E-state index in [4.69, 9.17) is 23.8 Å². The van der Waals surface area contributed by atoms with Gasteiger partial charge in [0.05, 0.1) is 11.2 Å². The molecule has 4 nitrogen and oxygen atoms in total. The summed E-state index contributed by atoms with van der Waals surface area (Å²) in [6, 6.07) is 10.7. The summed E-state index contributed by atoms with van der Waals surface area (Å²) in [5.41, 5.74) is 7.08. The standard InChI is InChI=1S/C20H22ClFN4S/c1-2-9-26-10-3-4-15-11-14(5-8-19(15)26)13-23-25-20(27)24-16-6-7-18(22)17(21)12-16/h5-8,11-13H,2-4,9-10H2,1H3,(H2,24,25,27)/b23-13-. The summed E-state index contributed by atoms with van der Waals surface area (Å²) in [6.07, 6.45) is 5.16.